The minimum absolute atomic E-state index is 0.0745. The van der Waals surface area contributed by atoms with E-state index in [4.69, 9.17) is 0 Å². The summed E-state index contributed by atoms with van der Waals surface area (Å²) in [6.07, 6.45) is 0.918. The number of hydrogen-bond donors (Lipinski definition) is 2. The van der Waals surface area contributed by atoms with Crippen molar-refractivity contribution >= 4 is 5.91 Å². The van der Waals surface area contributed by atoms with Gasteiger partial charge >= 0.3 is 0 Å². The number of rotatable bonds is 7. The molecule has 0 aliphatic heterocycles. The fraction of sp³-hybridized carbons (Fsp3) is 0.750. The van der Waals surface area contributed by atoms with Gasteiger partial charge in [0, 0.05) is 6.54 Å². The molecule has 0 aliphatic rings. The number of nitrogens with one attached hydrogen (secondary N) is 2. The maximum absolute atomic E-state index is 11.5. The van der Waals surface area contributed by atoms with Crippen LogP contribution in [-0.4, -0.2) is 25.0 Å². The van der Waals surface area contributed by atoms with Crippen LogP contribution in [0.15, 0.2) is 12.2 Å². The summed E-state index contributed by atoms with van der Waals surface area (Å²) < 4.78 is 0. The average Bonchev–Trinajstić information content (AvgIpc) is 2.13. The minimum Gasteiger partial charge on any atom is -0.354 e. The Balaban J connectivity index is 3.64. The van der Waals surface area contributed by atoms with Gasteiger partial charge < -0.3 is 10.6 Å². The van der Waals surface area contributed by atoms with Crippen LogP contribution in [0.5, 0.6) is 0 Å². The Labute approximate surface area is 93.3 Å². The molecule has 15 heavy (non-hydrogen) atoms. The van der Waals surface area contributed by atoms with Crippen molar-refractivity contribution in [3.05, 3.63) is 12.2 Å². The Morgan fingerprint density at radius 3 is 2.40 bits per heavy atom. The van der Waals surface area contributed by atoms with Crippen molar-refractivity contribution in [3.8, 4) is 0 Å². The van der Waals surface area contributed by atoms with Gasteiger partial charge in [0.05, 0.1) is 6.04 Å². The van der Waals surface area contributed by atoms with E-state index >= 15 is 0 Å². The zero-order valence-corrected chi connectivity index (χ0v) is 10.4. The first kappa shape index (κ1) is 14.2. The summed E-state index contributed by atoms with van der Waals surface area (Å²) in [5.74, 6) is 0.571. The Morgan fingerprint density at radius 1 is 1.33 bits per heavy atom. The lowest BCUT2D eigenvalue weighted by Crippen LogP contribution is -2.43. The van der Waals surface area contributed by atoms with E-state index in [1.165, 1.54) is 0 Å². The highest BCUT2D eigenvalue weighted by Crippen LogP contribution is 1.94. The molecule has 2 N–H and O–H groups in total. The molecule has 1 amide bonds. The Hall–Kier alpha value is -0.830. The quantitative estimate of drug-likeness (QED) is 0.631. The second kappa shape index (κ2) is 7.46. The molecule has 0 aromatic rings. The van der Waals surface area contributed by atoms with Crippen molar-refractivity contribution < 1.29 is 4.79 Å². The van der Waals surface area contributed by atoms with Crippen LogP contribution in [0.3, 0.4) is 0 Å². The molecule has 3 nitrogen and oxygen atoms in total. The standard InChI is InChI=1S/C12H24N2O/c1-9(2)6-7-13-11(5)12(15)14-8-10(3)4/h10-11,13H,1,6-8H2,2-5H3,(H,14,15). The van der Waals surface area contributed by atoms with Gasteiger partial charge in [-0.05, 0) is 32.7 Å². The molecule has 0 radical (unpaired) electrons. The second-order valence-corrected chi connectivity index (χ2v) is 4.52. The van der Waals surface area contributed by atoms with Crippen LogP contribution < -0.4 is 10.6 Å². The van der Waals surface area contributed by atoms with E-state index in [0.717, 1.165) is 25.1 Å². The SMILES string of the molecule is C=C(C)CCNC(C)C(=O)NCC(C)C. The van der Waals surface area contributed by atoms with Crippen LogP contribution >= 0.6 is 0 Å². The number of carbonyl (C=O) groups is 1. The second-order valence-electron chi connectivity index (χ2n) is 4.52. The third-order valence-electron chi connectivity index (χ3n) is 2.08. The third kappa shape index (κ3) is 8.18. The molecule has 88 valence electrons. The molecule has 0 rings (SSSR count). The van der Waals surface area contributed by atoms with Crippen molar-refractivity contribution in [1.29, 1.82) is 0 Å². The molecular formula is C12H24N2O. The molecule has 1 atom stereocenters. The minimum atomic E-state index is -0.122. The van der Waals surface area contributed by atoms with Gasteiger partial charge in [-0.15, -0.1) is 6.58 Å². The van der Waals surface area contributed by atoms with E-state index < -0.39 is 0 Å². The van der Waals surface area contributed by atoms with E-state index in [1.807, 2.05) is 13.8 Å². The number of amides is 1. The van der Waals surface area contributed by atoms with Gasteiger partial charge in [-0.1, -0.05) is 19.4 Å². The van der Waals surface area contributed by atoms with E-state index in [2.05, 4.69) is 31.1 Å². The predicted molar refractivity (Wildman–Crippen MR) is 64.7 cm³/mol. The van der Waals surface area contributed by atoms with Gasteiger partial charge in [-0.3, -0.25) is 4.79 Å². The maximum atomic E-state index is 11.5. The van der Waals surface area contributed by atoms with Crippen LogP contribution in [0.4, 0.5) is 0 Å². The van der Waals surface area contributed by atoms with Crippen LogP contribution in [0, 0.1) is 5.92 Å². The predicted octanol–water partition coefficient (Wildman–Crippen LogP) is 1.70. The Kier molecular flexibility index (Phi) is 7.05. The molecule has 0 fully saturated rings. The van der Waals surface area contributed by atoms with Crippen molar-refractivity contribution in [2.45, 2.75) is 40.2 Å². The summed E-state index contributed by atoms with van der Waals surface area (Å²) in [4.78, 5) is 11.5. The summed E-state index contributed by atoms with van der Waals surface area (Å²) in [6.45, 7) is 13.4. The molecule has 0 heterocycles. The molecule has 0 aliphatic carbocycles. The molecular weight excluding hydrogens is 188 g/mol. The lowest BCUT2D eigenvalue weighted by atomic mass is 10.2. The first-order valence-electron chi connectivity index (χ1n) is 5.59. The smallest absolute Gasteiger partial charge is 0.236 e. The topological polar surface area (TPSA) is 41.1 Å². The van der Waals surface area contributed by atoms with E-state index in [0.29, 0.717) is 5.92 Å². The maximum Gasteiger partial charge on any atom is 0.236 e. The molecule has 0 aromatic heterocycles. The highest BCUT2D eigenvalue weighted by Gasteiger charge is 2.11. The van der Waals surface area contributed by atoms with E-state index in [-0.39, 0.29) is 11.9 Å². The summed E-state index contributed by atoms with van der Waals surface area (Å²) in [6, 6.07) is -0.122. The molecule has 0 spiro atoms. The highest BCUT2D eigenvalue weighted by molar-refractivity contribution is 5.81. The Bertz CT molecular complexity index is 212. The molecule has 0 saturated carbocycles. The number of carbonyl (C=O) groups excluding carboxylic acids is 1. The highest BCUT2D eigenvalue weighted by atomic mass is 16.2. The summed E-state index contributed by atoms with van der Waals surface area (Å²) in [7, 11) is 0. The number of hydrogen-bond acceptors (Lipinski definition) is 2. The van der Waals surface area contributed by atoms with Gasteiger partial charge in [-0.25, -0.2) is 0 Å². The van der Waals surface area contributed by atoms with Crippen LogP contribution in [0.1, 0.15) is 34.1 Å². The van der Waals surface area contributed by atoms with Crippen LogP contribution in [-0.2, 0) is 4.79 Å². The normalized spacial score (nSPS) is 12.6. The Morgan fingerprint density at radius 2 is 1.93 bits per heavy atom. The largest absolute Gasteiger partial charge is 0.354 e. The van der Waals surface area contributed by atoms with Crippen LogP contribution in [0.2, 0.25) is 0 Å². The van der Waals surface area contributed by atoms with Crippen LogP contribution in [0.25, 0.3) is 0 Å². The van der Waals surface area contributed by atoms with Gasteiger partial charge in [0.2, 0.25) is 5.91 Å². The molecule has 0 saturated heterocycles. The van der Waals surface area contributed by atoms with Gasteiger partial charge in [0.15, 0.2) is 0 Å². The third-order valence-corrected chi connectivity index (χ3v) is 2.08. The fourth-order valence-corrected chi connectivity index (χ4v) is 1.05. The monoisotopic (exact) mass is 212 g/mol. The van der Waals surface area contributed by atoms with Crippen molar-refractivity contribution in [3.63, 3.8) is 0 Å². The lowest BCUT2D eigenvalue weighted by Gasteiger charge is -2.15. The van der Waals surface area contributed by atoms with Gasteiger partial charge in [-0.2, -0.15) is 0 Å². The van der Waals surface area contributed by atoms with Crippen molar-refractivity contribution in [1.82, 2.24) is 10.6 Å². The first-order chi connectivity index (χ1) is 6.93. The van der Waals surface area contributed by atoms with Gasteiger partial charge in [0.25, 0.3) is 0 Å². The molecule has 1 unspecified atom stereocenters. The molecule has 0 aromatic carbocycles. The fourth-order valence-electron chi connectivity index (χ4n) is 1.05. The summed E-state index contributed by atoms with van der Waals surface area (Å²) in [5.41, 5.74) is 1.14. The average molecular weight is 212 g/mol. The molecule has 0 bridgehead atoms. The summed E-state index contributed by atoms with van der Waals surface area (Å²) in [5, 5.41) is 6.06. The zero-order valence-electron chi connectivity index (χ0n) is 10.4. The van der Waals surface area contributed by atoms with E-state index in [1.54, 1.807) is 0 Å². The van der Waals surface area contributed by atoms with Crippen molar-refractivity contribution in [2.75, 3.05) is 13.1 Å². The van der Waals surface area contributed by atoms with Crippen molar-refractivity contribution in [2.24, 2.45) is 5.92 Å². The zero-order chi connectivity index (χ0) is 11.8. The van der Waals surface area contributed by atoms with E-state index in [9.17, 15) is 4.79 Å². The summed E-state index contributed by atoms with van der Waals surface area (Å²) >= 11 is 0. The van der Waals surface area contributed by atoms with Gasteiger partial charge in [0.1, 0.15) is 0 Å². The lowest BCUT2D eigenvalue weighted by molar-refractivity contribution is -0.122. The first-order valence-corrected chi connectivity index (χ1v) is 5.59. The molecule has 3 heteroatoms.